The molecule has 11 heteroatoms. The Hall–Kier alpha value is -3.47. The third-order valence-electron chi connectivity index (χ3n) is 2.06. The number of hydrogen-bond acceptors (Lipinski definition) is 7. The van der Waals surface area contributed by atoms with E-state index in [1.807, 2.05) is 12.3 Å². The van der Waals surface area contributed by atoms with Gasteiger partial charge in [0.1, 0.15) is 6.33 Å². The molecule has 10 nitrogen and oxygen atoms in total. The second-order valence-electron chi connectivity index (χ2n) is 4.01. The van der Waals surface area contributed by atoms with Crippen LogP contribution in [0.1, 0.15) is 5.69 Å². The summed E-state index contributed by atoms with van der Waals surface area (Å²) in [5.74, 6) is -3.99. The Kier molecular flexibility index (Phi) is 11.2. The summed E-state index contributed by atoms with van der Waals surface area (Å²) >= 11 is 1.78. The summed E-state index contributed by atoms with van der Waals surface area (Å²) in [7, 11) is 0. The molecule has 0 spiro atoms. The van der Waals surface area contributed by atoms with Crippen LogP contribution in [0.2, 0.25) is 0 Å². The van der Waals surface area contributed by atoms with Gasteiger partial charge in [-0.2, -0.15) is 0 Å². The third kappa shape index (κ3) is 13.0. The Bertz CT molecular complexity index is 677. The van der Waals surface area contributed by atoms with Crippen LogP contribution in [0.5, 0.6) is 0 Å². The Morgan fingerprint density at radius 2 is 1.35 bits per heavy atom. The zero-order valence-corrected chi connectivity index (χ0v) is 13.9. The number of aliphatic carboxylic acids is 4. The first-order chi connectivity index (χ1) is 12.2. The van der Waals surface area contributed by atoms with Crippen LogP contribution in [-0.4, -0.2) is 60.0 Å². The van der Waals surface area contributed by atoms with Gasteiger partial charge in [0.05, 0.1) is 10.6 Å². The maximum atomic E-state index is 9.55. The monoisotopic (exact) mass is 382 g/mol. The second-order valence-corrected chi connectivity index (χ2v) is 5.07. The van der Waals surface area contributed by atoms with Gasteiger partial charge in [-0.3, -0.25) is 0 Å². The summed E-state index contributed by atoms with van der Waals surface area (Å²) in [6.45, 7) is 0. The lowest BCUT2D eigenvalue weighted by molar-refractivity contribution is -0.134. The van der Waals surface area contributed by atoms with Gasteiger partial charge in [-0.25, -0.2) is 29.1 Å². The van der Waals surface area contributed by atoms with Crippen molar-refractivity contribution in [2.45, 2.75) is 4.90 Å². The number of carboxylic acid groups (broad SMARTS) is 4. The lowest BCUT2D eigenvalue weighted by Gasteiger charge is -2.05. The topological polar surface area (TPSA) is 175 Å². The zero-order chi connectivity index (χ0) is 19.9. The van der Waals surface area contributed by atoms with Crippen LogP contribution in [0.3, 0.4) is 0 Å². The van der Waals surface area contributed by atoms with Gasteiger partial charge in [0.25, 0.3) is 0 Å². The number of carbonyl (C=O) groups is 4. The number of nitrogens with zero attached hydrogens (tertiary/aromatic N) is 2. The number of rotatable bonds is 4. The predicted octanol–water partition coefficient (Wildman–Crippen LogP) is 1.02. The van der Waals surface area contributed by atoms with E-state index in [0.717, 1.165) is 11.4 Å². The summed E-state index contributed by atoms with van der Waals surface area (Å²) in [6, 6.07) is 0. The van der Waals surface area contributed by atoms with Gasteiger partial charge in [0.15, 0.2) is 0 Å². The van der Waals surface area contributed by atoms with Crippen LogP contribution in [0, 0.1) is 0 Å². The van der Waals surface area contributed by atoms with E-state index in [1.54, 1.807) is 18.1 Å². The summed E-state index contributed by atoms with van der Waals surface area (Å²) in [5.41, 5.74) is 1.05. The molecule has 1 aliphatic rings. The van der Waals surface area contributed by atoms with Crippen molar-refractivity contribution >= 4 is 41.7 Å². The van der Waals surface area contributed by atoms with Gasteiger partial charge in [0.2, 0.25) is 0 Å². The van der Waals surface area contributed by atoms with Gasteiger partial charge in [-0.1, -0.05) is 6.08 Å². The van der Waals surface area contributed by atoms with E-state index in [2.05, 4.69) is 16.0 Å². The number of thioether (sulfide) groups is 1. The SMILES string of the molecule is C1=Cc2ncncc2SC1.O=C(O)C=CC(=O)O.O=C(O)C=CC(=O)O. The molecule has 0 aliphatic carbocycles. The molecule has 0 atom stereocenters. The van der Waals surface area contributed by atoms with Gasteiger partial charge < -0.3 is 20.4 Å². The van der Waals surface area contributed by atoms with Crippen molar-refractivity contribution in [1.82, 2.24) is 9.97 Å². The molecule has 2 rings (SSSR count). The van der Waals surface area contributed by atoms with E-state index in [9.17, 15) is 19.2 Å². The average molecular weight is 382 g/mol. The largest absolute Gasteiger partial charge is 0.478 e. The third-order valence-corrected chi connectivity index (χ3v) is 3.04. The normalized spacial score (nSPS) is 11.5. The highest BCUT2D eigenvalue weighted by Crippen LogP contribution is 2.24. The Labute approximate surface area is 151 Å². The number of hydrogen-bond donors (Lipinski definition) is 4. The molecule has 2 heterocycles. The van der Waals surface area contributed by atoms with Gasteiger partial charge in [-0.05, 0) is 6.08 Å². The molecule has 4 N–H and O–H groups in total. The summed E-state index contributed by atoms with van der Waals surface area (Å²) in [6.07, 6.45) is 9.81. The van der Waals surface area contributed by atoms with E-state index in [-0.39, 0.29) is 0 Å². The van der Waals surface area contributed by atoms with Gasteiger partial charge in [0, 0.05) is 36.3 Å². The fourth-order valence-electron chi connectivity index (χ4n) is 1.15. The van der Waals surface area contributed by atoms with Crippen molar-refractivity contribution in [3.05, 3.63) is 48.6 Å². The van der Waals surface area contributed by atoms with Crippen molar-refractivity contribution in [2.75, 3.05) is 5.75 Å². The fourth-order valence-corrected chi connectivity index (χ4v) is 1.92. The molecule has 0 saturated carbocycles. The highest BCUT2D eigenvalue weighted by Gasteiger charge is 2.03. The fraction of sp³-hybridized carbons (Fsp3) is 0.0667. The molecule has 1 aromatic heterocycles. The van der Waals surface area contributed by atoms with E-state index < -0.39 is 23.9 Å². The van der Waals surface area contributed by atoms with Crippen molar-refractivity contribution in [3.63, 3.8) is 0 Å². The molecule has 0 saturated heterocycles. The molecular formula is C15H14N2O8S. The Morgan fingerprint density at radius 1 is 0.885 bits per heavy atom. The van der Waals surface area contributed by atoms with E-state index in [0.29, 0.717) is 24.3 Å². The van der Waals surface area contributed by atoms with Crippen molar-refractivity contribution in [3.8, 4) is 0 Å². The molecular weight excluding hydrogens is 368 g/mol. The van der Waals surface area contributed by atoms with Crippen LogP contribution < -0.4 is 0 Å². The molecule has 138 valence electrons. The lowest BCUT2D eigenvalue weighted by atomic mass is 10.3. The minimum absolute atomic E-state index is 0.558. The van der Waals surface area contributed by atoms with E-state index in [1.165, 1.54) is 4.90 Å². The van der Waals surface area contributed by atoms with Crippen LogP contribution in [0.4, 0.5) is 0 Å². The number of fused-ring (bicyclic) bond motifs is 1. The molecule has 0 amide bonds. The maximum Gasteiger partial charge on any atom is 0.328 e. The molecule has 1 aliphatic heterocycles. The first kappa shape index (κ1) is 22.5. The summed E-state index contributed by atoms with van der Waals surface area (Å²) in [5, 5.41) is 31.2. The summed E-state index contributed by atoms with van der Waals surface area (Å²) < 4.78 is 0. The van der Waals surface area contributed by atoms with Crippen LogP contribution in [-0.2, 0) is 19.2 Å². The lowest BCUT2D eigenvalue weighted by Crippen LogP contribution is -1.91. The minimum Gasteiger partial charge on any atom is -0.478 e. The molecule has 0 unspecified atom stereocenters. The van der Waals surface area contributed by atoms with Crippen molar-refractivity contribution in [2.24, 2.45) is 0 Å². The average Bonchev–Trinajstić information content (AvgIpc) is 2.59. The predicted molar refractivity (Wildman–Crippen MR) is 90.6 cm³/mol. The highest BCUT2D eigenvalue weighted by molar-refractivity contribution is 7.99. The standard InChI is InChI=1S/C7H6N2S.2C4H4O4/c1-2-6-7(10-3-1)4-8-5-9-6;2*5-3(6)1-2-4(7)8/h1-2,4-5H,3H2;2*1-2H,(H,5,6)(H,7,8). The van der Waals surface area contributed by atoms with Crippen molar-refractivity contribution in [1.29, 1.82) is 0 Å². The molecule has 0 fully saturated rings. The van der Waals surface area contributed by atoms with Crippen LogP contribution in [0.15, 0.2) is 47.8 Å². The summed E-state index contributed by atoms with van der Waals surface area (Å²) in [4.78, 5) is 47.4. The smallest absolute Gasteiger partial charge is 0.328 e. The molecule has 0 radical (unpaired) electrons. The van der Waals surface area contributed by atoms with E-state index in [4.69, 9.17) is 20.4 Å². The Balaban J connectivity index is 0.000000366. The number of carboxylic acids is 4. The molecule has 0 bridgehead atoms. The van der Waals surface area contributed by atoms with Crippen molar-refractivity contribution < 1.29 is 39.6 Å². The minimum atomic E-state index is -1.26. The van der Waals surface area contributed by atoms with Gasteiger partial charge >= 0.3 is 23.9 Å². The first-order valence-corrected chi connectivity index (χ1v) is 7.58. The molecule has 1 aromatic rings. The van der Waals surface area contributed by atoms with E-state index >= 15 is 0 Å². The molecule has 0 aromatic carbocycles. The zero-order valence-electron chi connectivity index (χ0n) is 13.1. The molecule has 26 heavy (non-hydrogen) atoms. The number of aromatic nitrogens is 2. The van der Waals surface area contributed by atoms with Crippen LogP contribution >= 0.6 is 11.8 Å². The maximum absolute atomic E-state index is 9.55. The van der Waals surface area contributed by atoms with Crippen LogP contribution in [0.25, 0.3) is 6.08 Å². The Morgan fingerprint density at radius 3 is 1.73 bits per heavy atom. The quantitative estimate of drug-likeness (QED) is 0.547. The van der Waals surface area contributed by atoms with Gasteiger partial charge in [-0.15, -0.1) is 11.8 Å². The second kappa shape index (κ2) is 12.9. The first-order valence-electron chi connectivity index (χ1n) is 6.59. The highest BCUT2D eigenvalue weighted by atomic mass is 32.2.